The normalized spacial score (nSPS) is 15.3. The summed E-state index contributed by atoms with van der Waals surface area (Å²) in [5, 5.41) is 2.89. The molecule has 1 N–H and O–H groups in total. The van der Waals surface area contributed by atoms with E-state index < -0.39 is 0 Å². The number of para-hydroxylation sites is 1. The zero-order valence-electron chi connectivity index (χ0n) is 14.9. The molecule has 2 aromatic rings. The Morgan fingerprint density at radius 3 is 2.73 bits per heavy atom. The maximum Gasteiger partial charge on any atom is 0.234 e. The molecule has 140 valence electrons. The largest absolute Gasteiger partial charge is 0.355 e. The van der Waals surface area contributed by atoms with Crippen molar-refractivity contribution < 1.29 is 9.59 Å². The minimum atomic E-state index is 0.0676. The van der Waals surface area contributed by atoms with Crippen molar-refractivity contribution in [2.75, 3.05) is 45.0 Å². The van der Waals surface area contributed by atoms with E-state index in [1.807, 2.05) is 30.0 Å². The number of fused-ring (bicyclic) bond motifs is 1. The predicted molar refractivity (Wildman–Crippen MR) is 107 cm³/mol. The number of rotatable bonds is 7. The van der Waals surface area contributed by atoms with Crippen molar-refractivity contribution in [3.05, 3.63) is 24.3 Å². The zero-order valence-corrected chi connectivity index (χ0v) is 16.6. The third-order valence-electron chi connectivity index (χ3n) is 4.26. The molecule has 1 aliphatic rings. The first-order valence-corrected chi connectivity index (χ1v) is 10.7. The van der Waals surface area contributed by atoms with Gasteiger partial charge in [-0.15, -0.1) is 11.3 Å². The average molecular weight is 393 g/mol. The Kier molecular flexibility index (Phi) is 6.87. The Balaban J connectivity index is 1.41. The van der Waals surface area contributed by atoms with Gasteiger partial charge in [0.15, 0.2) is 4.34 Å². The zero-order chi connectivity index (χ0) is 18.4. The monoisotopic (exact) mass is 392 g/mol. The number of hydrogen-bond donors (Lipinski definition) is 1. The van der Waals surface area contributed by atoms with Gasteiger partial charge >= 0.3 is 0 Å². The molecule has 0 radical (unpaired) electrons. The summed E-state index contributed by atoms with van der Waals surface area (Å²) in [6.45, 7) is 6.04. The van der Waals surface area contributed by atoms with Crippen molar-refractivity contribution in [2.45, 2.75) is 17.7 Å². The molecule has 0 saturated carbocycles. The van der Waals surface area contributed by atoms with Gasteiger partial charge < -0.3 is 10.2 Å². The molecule has 0 aliphatic carbocycles. The van der Waals surface area contributed by atoms with Crippen LogP contribution in [0.1, 0.15) is 13.3 Å². The van der Waals surface area contributed by atoms with Crippen LogP contribution in [0.2, 0.25) is 0 Å². The van der Waals surface area contributed by atoms with Crippen LogP contribution in [0.3, 0.4) is 0 Å². The first kappa shape index (κ1) is 19.1. The number of amides is 2. The van der Waals surface area contributed by atoms with E-state index in [1.54, 1.807) is 11.3 Å². The number of carbonyl (C=O) groups excluding carboxylic acids is 2. The Morgan fingerprint density at radius 2 is 2.00 bits per heavy atom. The van der Waals surface area contributed by atoms with Crippen LogP contribution in [-0.2, 0) is 9.59 Å². The van der Waals surface area contributed by atoms with Crippen LogP contribution >= 0.6 is 23.1 Å². The van der Waals surface area contributed by atoms with Crippen molar-refractivity contribution in [2.24, 2.45) is 0 Å². The smallest absolute Gasteiger partial charge is 0.234 e. The van der Waals surface area contributed by atoms with Gasteiger partial charge in [-0.25, -0.2) is 4.98 Å². The van der Waals surface area contributed by atoms with Crippen LogP contribution in [-0.4, -0.2) is 71.6 Å². The lowest BCUT2D eigenvalue weighted by Crippen LogP contribution is -2.51. The predicted octanol–water partition coefficient (Wildman–Crippen LogP) is 2.06. The molecular formula is C18H24N4O2S2. The van der Waals surface area contributed by atoms with Crippen LogP contribution in [0, 0.1) is 0 Å². The molecule has 3 rings (SSSR count). The van der Waals surface area contributed by atoms with Gasteiger partial charge in [0.25, 0.3) is 0 Å². The van der Waals surface area contributed by atoms with Crippen molar-refractivity contribution in [1.29, 1.82) is 0 Å². The highest BCUT2D eigenvalue weighted by Crippen LogP contribution is 2.29. The number of thioether (sulfide) groups is 1. The molecule has 8 heteroatoms. The third kappa shape index (κ3) is 5.18. The van der Waals surface area contributed by atoms with E-state index in [4.69, 9.17) is 0 Å². The van der Waals surface area contributed by atoms with E-state index in [0.29, 0.717) is 25.4 Å². The maximum atomic E-state index is 12.4. The van der Waals surface area contributed by atoms with E-state index >= 15 is 0 Å². The lowest BCUT2D eigenvalue weighted by molar-refractivity contribution is -0.130. The second-order valence-electron chi connectivity index (χ2n) is 6.24. The molecule has 1 aliphatic heterocycles. The van der Waals surface area contributed by atoms with Crippen molar-refractivity contribution in [3.8, 4) is 0 Å². The molecule has 6 nitrogen and oxygen atoms in total. The summed E-state index contributed by atoms with van der Waals surface area (Å²) >= 11 is 3.13. The number of thiazole rings is 1. The average Bonchev–Trinajstić information content (AvgIpc) is 3.08. The molecule has 26 heavy (non-hydrogen) atoms. The number of piperazine rings is 1. The van der Waals surface area contributed by atoms with E-state index in [2.05, 4.69) is 21.3 Å². The van der Waals surface area contributed by atoms with Crippen LogP contribution in [0.15, 0.2) is 28.6 Å². The van der Waals surface area contributed by atoms with E-state index in [1.165, 1.54) is 11.8 Å². The molecule has 0 atom stereocenters. The summed E-state index contributed by atoms with van der Waals surface area (Å²) in [5.41, 5.74) is 0.988. The standard InChI is InChI=1S/C18H24N4O2S2/c1-2-7-19-16(23)12-21-8-10-22(11-9-21)17(24)13-25-18-20-14-5-3-4-6-15(14)26-18/h3-6H,2,7-13H2,1H3,(H,19,23). The topological polar surface area (TPSA) is 65.5 Å². The van der Waals surface area contributed by atoms with Crippen LogP contribution < -0.4 is 5.32 Å². The Morgan fingerprint density at radius 1 is 1.23 bits per heavy atom. The molecule has 2 heterocycles. The highest BCUT2D eigenvalue weighted by Gasteiger charge is 2.22. The van der Waals surface area contributed by atoms with Crippen molar-refractivity contribution >= 4 is 45.1 Å². The van der Waals surface area contributed by atoms with Gasteiger partial charge in [0.05, 0.1) is 22.5 Å². The number of nitrogens with zero attached hydrogens (tertiary/aromatic N) is 3. The van der Waals surface area contributed by atoms with E-state index in [9.17, 15) is 9.59 Å². The second-order valence-corrected chi connectivity index (χ2v) is 8.50. The first-order chi connectivity index (χ1) is 12.7. The van der Waals surface area contributed by atoms with Crippen LogP contribution in [0.4, 0.5) is 0 Å². The summed E-state index contributed by atoms with van der Waals surface area (Å²) < 4.78 is 2.09. The maximum absolute atomic E-state index is 12.4. The van der Waals surface area contributed by atoms with Gasteiger partial charge in [-0.3, -0.25) is 14.5 Å². The van der Waals surface area contributed by atoms with Crippen LogP contribution in [0.5, 0.6) is 0 Å². The van der Waals surface area contributed by atoms with Crippen LogP contribution in [0.25, 0.3) is 10.2 Å². The molecule has 1 saturated heterocycles. The lowest BCUT2D eigenvalue weighted by atomic mass is 10.3. The number of hydrogen-bond acceptors (Lipinski definition) is 6. The summed E-state index contributed by atoms with van der Waals surface area (Å²) in [6, 6.07) is 8.02. The number of carbonyl (C=O) groups is 2. The van der Waals surface area contributed by atoms with Gasteiger partial charge in [-0.05, 0) is 18.6 Å². The second kappa shape index (κ2) is 9.34. The van der Waals surface area contributed by atoms with Gasteiger partial charge in [-0.1, -0.05) is 30.8 Å². The highest BCUT2D eigenvalue weighted by atomic mass is 32.2. The van der Waals surface area contributed by atoms with E-state index in [0.717, 1.165) is 40.6 Å². The Labute approximate surface area is 161 Å². The molecule has 2 amide bonds. The Bertz CT molecular complexity index is 723. The Hall–Kier alpha value is -1.64. The fraction of sp³-hybridized carbons (Fsp3) is 0.500. The molecule has 0 spiro atoms. The molecule has 0 bridgehead atoms. The fourth-order valence-electron chi connectivity index (χ4n) is 2.81. The van der Waals surface area contributed by atoms with Gasteiger partial charge in [0, 0.05) is 32.7 Å². The summed E-state index contributed by atoms with van der Waals surface area (Å²) in [4.78, 5) is 32.8. The van der Waals surface area contributed by atoms with E-state index in [-0.39, 0.29) is 11.8 Å². The number of benzene rings is 1. The summed E-state index contributed by atoms with van der Waals surface area (Å²) in [6.07, 6.45) is 0.945. The summed E-state index contributed by atoms with van der Waals surface area (Å²) in [7, 11) is 0. The molecule has 0 unspecified atom stereocenters. The minimum Gasteiger partial charge on any atom is -0.355 e. The van der Waals surface area contributed by atoms with Gasteiger partial charge in [0.1, 0.15) is 0 Å². The van der Waals surface area contributed by atoms with Gasteiger partial charge in [0.2, 0.25) is 11.8 Å². The lowest BCUT2D eigenvalue weighted by Gasteiger charge is -2.34. The van der Waals surface area contributed by atoms with Gasteiger partial charge in [-0.2, -0.15) is 0 Å². The molecule has 1 aromatic carbocycles. The molecular weight excluding hydrogens is 368 g/mol. The SMILES string of the molecule is CCCNC(=O)CN1CCN(C(=O)CSc2nc3ccccc3s2)CC1. The number of nitrogens with one attached hydrogen (secondary N) is 1. The first-order valence-electron chi connectivity index (χ1n) is 8.91. The molecule has 1 fully saturated rings. The molecule has 1 aromatic heterocycles. The number of aromatic nitrogens is 1. The summed E-state index contributed by atoms with van der Waals surface area (Å²) in [5.74, 6) is 0.624. The quantitative estimate of drug-likeness (QED) is 0.731. The highest BCUT2D eigenvalue weighted by molar-refractivity contribution is 8.01. The minimum absolute atomic E-state index is 0.0676. The third-order valence-corrected chi connectivity index (χ3v) is 6.42. The van der Waals surface area contributed by atoms with Crippen molar-refractivity contribution in [3.63, 3.8) is 0 Å². The fourth-order valence-corrected chi connectivity index (χ4v) is 4.78. The van der Waals surface area contributed by atoms with Crippen molar-refractivity contribution in [1.82, 2.24) is 20.1 Å².